The summed E-state index contributed by atoms with van der Waals surface area (Å²) in [4.78, 5) is 21.5. The summed E-state index contributed by atoms with van der Waals surface area (Å²) in [7, 11) is 0. The average Bonchev–Trinajstić information content (AvgIpc) is 2.04. The van der Waals surface area contributed by atoms with Gasteiger partial charge in [0.1, 0.15) is 13.2 Å². The lowest BCUT2D eigenvalue weighted by atomic mass is 10.3. The molecule has 12 heavy (non-hydrogen) atoms. The fourth-order valence-electron chi connectivity index (χ4n) is 0.501. The van der Waals surface area contributed by atoms with Crippen LogP contribution in [0.15, 0.2) is 5.57 Å². The van der Waals surface area contributed by atoms with Gasteiger partial charge in [0.2, 0.25) is 0 Å². The Labute approximate surface area is 71.2 Å². The zero-order chi connectivity index (χ0) is 9.56. The van der Waals surface area contributed by atoms with Crippen molar-refractivity contribution in [2.75, 3.05) is 13.2 Å². The smallest absolute Gasteiger partial charge is 0.402 e. The second-order valence-corrected chi connectivity index (χ2v) is 1.85. The summed E-state index contributed by atoms with van der Waals surface area (Å²) in [6.07, 6.45) is 0. The summed E-state index contributed by atoms with van der Waals surface area (Å²) in [5.74, 6) is -1.67. The van der Waals surface area contributed by atoms with Gasteiger partial charge in [-0.3, -0.25) is 0 Å². The molecule has 0 unspecified atom stereocenters. The highest BCUT2D eigenvalue weighted by Gasteiger charge is 2.30. The Bertz CT molecular complexity index is 175. The molecule has 0 aliphatic rings. The van der Waals surface area contributed by atoms with Crippen LogP contribution in [0, 0.1) is 6.58 Å². The minimum atomic E-state index is -0.837. The van der Waals surface area contributed by atoms with Crippen molar-refractivity contribution in [1.29, 1.82) is 0 Å². The summed E-state index contributed by atoms with van der Waals surface area (Å²) >= 11 is 0. The molecule has 0 saturated carbocycles. The minimum absolute atomic E-state index is 0.180. The first-order valence-corrected chi connectivity index (χ1v) is 3.60. The Balaban J connectivity index is 4.01. The van der Waals surface area contributed by atoms with Gasteiger partial charge in [0.15, 0.2) is 0 Å². The van der Waals surface area contributed by atoms with Crippen LogP contribution in [-0.2, 0) is 19.1 Å². The van der Waals surface area contributed by atoms with Crippen molar-refractivity contribution in [2.24, 2.45) is 0 Å². The van der Waals surface area contributed by atoms with Gasteiger partial charge in [-0.1, -0.05) is 0 Å². The first-order chi connectivity index (χ1) is 5.63. The van der Waals surface area contributed by atoms with Gasteiger partial charge < -0.3 is 9.47 Å². The van der Waals surface area contributed by atoms with E-state index in [1.54, 1.807) is 13.8 Å². The molecule has 0 N–H and O–H groups in total. The number of carbonyl (C=O) groups excluding carboxylic acids is 2. The molecule has 0 radical (unpaired) electrons. The van der Waals surface area contributed by atoms with Crippen molar-refractivity contribution in [3.05, 3.63) is 12.2 Å². The van der Waals surface area contributed by atoms with E-state index in [1.807, 2.05) is 0 Å². The molecule has 0 aromatic rings. The van der Waals surface area contributed by atoms with Gasteiger partial charge in [-0.05, 0) is 13.8 Å². The molecule has 0 aromatic carbocycles. The van der Waals surface area contributed by atoms with Gasteiger partial charge in [-0.25, -0.2) is 0 Å². The normalized spacial score (nSPS) is 8.75. The van der Waals surface area contributed by atoms with E-state index in [-0.39, 0.29) is 13.2 Å². The number of rotatable bonds is 4. The predicted molar refractivity (Wildman–Crippen MR) is 41.1 cm³/mol. The summed E-state index contributed by atoms with van der Waals surface area (Å²) in [5, 5.41) is 0. The van der Waals surface area contributed by atoms with Crippen molar-refractivity contribution in [3.63, 3.8) is 0 Å². The first-order valence-electron chi connectivity index (χ1n) is 3.60. The molecule has 0 spiro atoms. The summed E-state index contributed by atoms with van der Waals surface area (Å²) in [6, 6.07) is 0. The van der Waals surface area contributed by atoms with Crippen molar-refractivity contribution in [1.82, 2.24) is 0 Å². The molecular weight excluding hydrogens is 160 g/mol. The molecule has 4 heteroatoms. The van der Waals surface area contributed by atoms with Crippen molar-refractivity contribution in [3.8, 4) is 0 Å². The first kappa shape index (κ1) is 10.6. The van der Waals surface area contributed by atoms with Gasteiger partial charge in [-0.15, -0.1) is 0 Å². The van der Waals surface area contributed by atoms with Gasteiger partial charge in [0, 0.05) is 6.58 Å². The Morgan fingerprint density at radius 1 is 1.08 bits per heavy atom. The largest absolute Gasteiger partial charge is 0.467 e. The lowest BCUT2D eigenvalue weighted by Gasteiger charge is -1.94. The number of hydrogen-bond acceptors (Lipinski definition) is 4. The van der Waals surface area contributed by atoms with Crippen LogP contribution < -0.4 is 0 Å². The third kappa shape index (κ3) is 3.12. The second-order valence-electron chi connectivity index (χ2n) is 1.85. The number of hydrogen-bond donors (Lipinski definition) is 0. The molecule has 0 aliphatic heterocycles. The van der Waals surface area contributed by atoms with Crippen LogP contribution in [0.25, 0.3) is 0 Å². The Kier molecular flexibility index (Phi) is 4.65. The molecule has 0 fully saturated rings. The predicted octanol–water partition coefficient (Wildman–Crippen LogP) is 0.472. The maximum atomic E-state index is 10.8. The van der Waals surface area contributed by atoms with Gasteiger partial charge in [0.25, 0.3) is 0 Å². The molecule has 0 bridgehead atoms. The topological polar surface area (TPSA) is 52.6 Å². The zero-order valence-corrected chi connectivity index (χ0v) is 7.12. The van der Waals surface area contributed by atoms with Crippen LogP contribution in [0.2, 0.25) is 0 Å². The zero-order valence-electron chi connectivity index (χ0n) is 7.12. The molecular formula is C8H11O4+. The third-order valence-electron chi connectivity index (χ3n) is 0.991. The monoisotopic (exact) mass is 171 g/mol. The Morgan fingerprint density at radius 3 is 1.67 bits per heavy atom. The lowest BCUT2D eigenvalue weighted by molar-refractivity contribution is -0.146. The van der Waals surface area contributed by atoms with Crippen LogP contribution in [-0.4, -0.2) is 25.2 Å². The van der Waals surface area contributed by atoms with Crippen LogP contribution in [0.3, 0.4) is 0 Å². The standard InChI is InChI=1S/C8H11O4/c1-4-11-7(9)6(3)8(10)12-5-2/h3H,4-5H2,1-2H3/q+1. The number of esters is 2. The summed E-state index contributed by atoms with van der Waals surface area (Å²) < 4.78 is 8.94. The van der Waals surface area contributed by atoms with E-state index < -0.39 is 17.5 Å². The van der Waals surface area contributed by atoms with E-state index in [9.17, 15) is 9.59 Å². The highest BCUT2D eigenvalue weighted by atomic mass is 16.6. The average molecular weight is 171 g/mol. The van der Waals surface area contributed by atoms with Crippen LogP contribution in [0.4, 0.5) is 0 Å². The van der Waals surface area contributed by atoms with E-state index in [2.05, 4.69) is 9.47 Å². The number of carbonyl (C=O) groups is 2. The van der Waals surface area contributed by atoms with Gasteiger partial charge in [-0.2, -0.15) is 9.59 Å². The molecule has 0 atom stereocenters. The third-order valence-corrected chi connectivity index (χ3v) is 0.991. The molecule has 0 saturated heterocycles. The van der Waals surface area contributed by atoms with Crippen LogP contribution >= 0.6 is 0 Å². The highest BCUT2D eigenvalue weighted by Crippen LogP contribution is 1.97. The SMILES string of the molecule is [CH+]=C(C(=O)OCC)C(=O)OCC. The number of ether oxygens (including phenoxy) is 2. The molecule has 4 nitrogen and oxygen atoms in total. The van der Waals surface area contributed by atoms with Gasteiger partial charge in [0.05, 0.1) is 0 Å². The summed E-state index contributed by atoms with van der Waals surface area (Å²) in [6.45, 7) is 8.70. The maximum Gasteiger partial charge on any atom is 0.467 e. The fraction of sp³-hybridized carbons (Fsp3) is 0.500. The molecule has 66 valence electrons. The Hall–Kier alpha value is -1.41. The van der Waals surface area contributed by atoms with Crippen LogP contribution in [0.5, 0.6) is 0 Å². The van der Waals surface area contributed by atoms with Crippen molar-refractivity contribution < 1.29 is 19.1 Å². The van der Waals surface area contributed by atoms with Gasteiger partial charge >= 0.3 is 17.5 Å². The molecule has 0 heterocycles. The van der Waals surface area contributed by atoms with E-state index in [1.165, 1.54) is 0 Å². The van der Waals surface area contributed by atoms with Crippen LogP contribution in [0.1, 0.15) is 13.8 Å². The van der Waals surface area contributed by atoms with E-state index in [4.69, 9.17) is 6.58 Å². The minimum Gasteiger partial charge on any atom is -0.402 e. The molecule has 0 amide bonds. The molecule has 0 aliphatic carbocycles. The highest BCUT2D eigenvalue weighted by molar-refractivity contribution is 6.12. The van der Waals surface area contributed by atoms with Crippen molar-refractivity contribution >= 4 is 11.9 Å². The fourth-order valence-corrected chi connectivity index (χ4v) is 0.501. The Morgan fingerprint density at radius 2 is 1.42 bits per heavy atom. The van der Waals surface area contributed by atoms with Crippen molar-refractivity contribution in [2.45, 2.75) is 13.8 Å². The quantitative estimate of drug-likeness (QED) is 0.203. The lowest BCUT2D eigenvalue weighted by Crippen LogP contribution is -2.17. The van der Waals surface area contributed by atoms with E-state index in [0.29, 0.717) is 0 Å². The molecule has 0 aromatic heterocycles. The molecule has 0 rings (SSSR count). The van der Waals surface area contributed by atoms with E-state index in [0.717, 1.165) is 0 Å². The van der Waals surface area contributed by atoms with E-state index >= 15 is 0 Å². The summed E-state index contributed by atoms with van der Waals surface area (Å²) in [5.41, 5.74) is -0.515. The maximum absolute atomic E-state index is 10.8. The second kappa shape index (κ2) is 5.27.